The Bertz CT molecular complexity index is 1280. The van der Waals surface area contributed by atoms with E-state index in [-0.39, 0.29) is 35.7 Å². The van der Waals surface area contributed by atoms with Gasteiger partial charge in [-0.15, -0.1) is 0 Å². The third-order valence-corrected chi connectivity index (χ3v) is 6.29. The van der Waals surface area contributed by atoms with E-state index in [1.54, 1.807) is 29.1 Å². The van der Waals surface area contributed by atoms with Gasteiger partial charge in [0, 0.05) is 18.3 Å². The van der Waals surface area contributed by atoms with Gasteiger partial charge in [-0.1, -0.05) is 12.1 Å². The van der Waals surface area contributed by atoms with Crippen molar-refractivity contribution in [3.8, 4) is 0 Å². The first kappa shape index (κ1) is 24.1. The van der Waals surface area contributed by atoms with Gasteiger partial charge in [-0.25, -0.2) is 19.5 Å². The zero-order valence-corrected chi connectivity index (χ0v) is 18.9. The molecule has 180 valence electrons. The molecule has 0 unspecified atom stereocenters. The molecule has 4 rings (SSSR count). The van der Waals surface area contributed by atoms with Crippen LogP contribution in [-0.4, -0.2) is 51.8 Å². The van der Waals surface area contributed by atoms with Crippen molar-refractivity contribution in [2.75, 3.05) is 6.61 Å². The molecular formula is C22H24FN5O5S. The van der Waals surface area contributed by atoms with Gasteiger partial charge < -0.3 is 5.11 Å². The molecule has 1 aliphatic carbocycles. The van der Waals surface area contributed by atoms with E-state index in [9.17, 15) is 22.7 Å². The summed E-state index contributed by atoms with van der Waals surface area (Å²) in [4.78, 5) is 21.4. The van der Waals surface area contributed by atoms with Gasteiger partial charge in [-0.2, -0.15) is 13.5 Å². The first-order valence-corrected chi connectivity index (χ1v) is 12.1. The highest BCUT2D eigenvalue weighted by molar-refractivity contribution is 7.84. The normalized spacial score (nSPS) is 20.5. The van der Waals surface area contributed by atoms with E-state index >= 15 is 0 Å². The molecule has 12 heteroatoms. The average Bonchev–Trinajstić information content (AvgIpc) is 3.38. The van der Waals surface area contributed by atoms with Gasteiger partial charge >= 0.3 is 10.3 Å². The highest BCUT2D eigenvalue weighted by Crippen LogP contribution is 2.34. The molecule has 0 bridgehead atoms. The van der Waals surface area contributed by atoms with Crippen molar-refractivity contribution >= 4 is 16.1 Å². The van der Waals surface area contributed by atoms with Crippen LogP contribution in [0.1, 0.15) is 40.2 Å². The summed E-state index contributed by atoms with van der Waals surface area (Å²) in [5.74, 6) is -1.11. The maximum Gasteiger partial charge on any atom is 0.333 e. The summed E-state index contributed by atoms with van der Waals surface area (Å²) in [6, 6.07) is 7.73. The highest BCUT2D eigenvalue weighted by atomic mass is 32.2. The van der Waals surface area contributed by atoms with Crippen molar-refractivity contribution in [3.63, 3.8) is 0 Å². The predicted molar refractivity (Wildman–Crippen MR) is 118 cm³/mol. The summed E-state index contributed by atoms with van der Waals surface area (Å²) in [7, 11) is -4.08. The van der Waals surface area contributed by atoms with Gasteiger partial charge in [0.15, 0.2) is 0 Å². The smallest absolute Gasteiger partial charge is 0.333 e. The van der Waals surface area contributed by atoms with E-state index in [0.717, 1.165) is 0 Å². The molecule has 3 aromatic rings. The molecule has 0 saturated heterocycles. The Morgan fingerprint density at radius 3 is 2.88 bits per heavy atom. The molecule has 2 heterocycles. The number of rotatable bonds is 9. The van der Waals surface area contributed by atoms with Crippen LogP contribution >= 0.6 is 0 Å². The lowest BCUT2D eigenvalue weighted by molar-refractivity contribution is 0.100. The first-order valence-electron chi connectivity index (χ1n) is 10.6. The van der Waals surface area contributed by atoms with Crippen LogP contribution in [0.4, 0.5) is 4.39 Å². The van der Waals surface area contributed by atoms with Gasteiger partial charge in [-0.3, -0.25) is 13.7 Å². The second-order valence-corrected chi connectivity index (χ2v) is 9.61. The number of aliphatic hydroxyl groups is 1. The van der Waals surface area contributed by atoms with Crippen molar-refractivity contribution in [2.24, 2.45) is 17.0 Å². The van der Waals surface area contributed by atoms with Crippen LogP contribution in [0.2, 0.25) is 0 Å². The molecule has 0 amide bonds. The zero-order valence-electron chi connectivity index (χ0n) is 18.1. The standard InChI is InChI=1S/C22H24FN5O5S/c23-17-3-1-2-14(7-17)11-28-5-4-19(27-28)22(30)18-10-25-13-26-20(18)8-15-6-16(21(29)9-15)12-33-34(24,31)32/h1-5,7,10,13,15-16,21,29H,6,8-9,11-12H2,(H2,24,31,32)/t15-,16+,21-/m0/s1. The molecule has 0 spiro atoms. The third-order valence-electron chi connectivity index (χ3n) is 5.83. The van der Waals surface area contributed by atoms with Gasteiger partial charge in [-0.05, 0) is 48.9 Å². The minimum Gasteiger partial charge on any atom is -0.393 e. The summed E-state index contributed by atoms with van der Waals surface area (Å²) in [5.41, 5.74) is 1.74. The number of benzene rings is 1. The average molecular weight is 490 g/mol. The maximum absolute atomic E-state index is 13.4. The van der Waals surface area contributed by atoms with Crippen LogP contribution in [0.3, 0.4) is 0 Å². The van der Waals surface area contributed by atoms with E-state index in [0.29, 0.717) is 42.6 Å². The number of halogens is 1. The van der Waals surface area contributed by atoms with Crippen LogP contribution < -0.4 is 5.14 Å². The minimum absolute atomic E-state index is 0.0314. The predicted octanol–water partition coefficient (Wildman–Crippen LogP) is 1.24. The van der Waals surface area contributed by atoms with Crippen molar-refractivity contribution in [2.45, 2.75) is 31.9 Å². The molecule has 1 aromatic carbocycles. The summed E-state index contributed by atoms with van der Waals surface area (Å²) in [6.45, 7) is 0.111. The van der Waals surface area contributed by atoms with Crippen molar-refractivity contribution in [1.29, 1.82) is 0 Å². The minimum atomic E-state index is -4.08. The first-order chi connectivity index (χ1) is 16.2. The molecule has 0 radical (unpaired) electrons. The Morgan fingerprint density at radius 2 is 2.12 bits per heavy atom. The SMILES string of the molecule is NS(=O)(=O)OC[C@H]1C[C@@H](Cc2ncncc2C(=O)c2ccn(Cc3cccc(F)c3)n2)C[C@@H]1O. The van der Waals surface area contributed by atoms with Crippen LogP contribution in [0.5, 0.6) is 0 Å². The number of ketones is 1. The van der Waals surface area contributed by atoms with E-state index in [1.807, 2.05) is 0 Å². The summed E-state index contributed by atoms with van der Waals surface area (Å²) in [5, 5.41) is 19.5. The summed E-state index contributed by atoms with van der Waals surface area (Å²) < 4.78 is 41.7. The fourth-order valence-electron chi connectivity index (χ4n) is 4.26. The molecule has 1 fully saturated rings. The number of aliphatic hydroxyl groups excluding tert-OH is 1. The van der Waals surface area contributed by atoms with Crippen LogP contribution in [0.15, 0.2) is 49.1 Å². The van der Waals surface area contributed by atoms with Crippen molar-refractivity contribution < 1.29 is 26.9 Å². The van der Waals surface area contributed by atoms with Crippen molar-refractivity contribution in [1.82, 2.24) is 19.7 Å². The number of hydrogen-bond acceptors (Lipinski definition) is 8. The van der Waals surface area contributed by atoms with Gasteiger partial charge in [0.1, 0.15) is 17.8 Å². The molecule has 10 nitrogen and oxygen atoms in total. The second kappa shape index (κ2) is 10.1. The topological polar surface area (TPSA) is 150 Å². The molecule has 3 N–H and O–H groups in total. The molecule has 0 aliphatic heterocycles. The number of nitrogens with two attached hydrogens (primary N) is 1. The molecule has 1 aliphatic rings. The zero-order chi connectivity index (χ0) is 24.3. The molecule has 3 atom stereocenters. The number of nitrogens with zero attached hydrogens (tertiary/aromatic N) is 4. The van der Waals surface area contributed by atoms with E-state index in [4.69, 9.17) is 5.14 Å². The second-order valence-electron chi connectivity index (χ2n) is 8.39. The van der Waals surface area contributed by atoms with Gasteiger partial charge in [0.2, 0.25) is 5.78 Å². The summed E-state index contributed by atoms with van der Waals surface area (Å²) in [6.07, 6.45) is 4.99. The molecule has 2 aromatic heterocycles. The molecule has 1 saturated carbocycles. The number of carbonyl (C=O) groups is 1. The quantitative estimate of drug-likeness (QED) is 0.426. The fraction of sp³-hybridized carbons (Fsp3) is 0.364. The monoisotopic (exact) mass is 489 g/mol. The fourth-order valence-corrected chi connectivity index (χ4v) is 4.62. The Balaban J connectivity index is 1.44. The maximum atomic E-state index is 13.4. The Kier molecular flexibility index (Phi) is 7.12. The van der Waals surface area contributed by atoms with E-state index < -0.39 is 16.4 Å². The summed E-state index contributed by atoms with van der Waals surface area (Å²) >= 11 is 0. The lowest BCUT2D eigenvalue weighted by Gasteiger charge is -2.13. The number of hydrogen-bond donors (Lipinski definition) is 2. The van der Waals surface area contributed by atoms with E-state index in [1.165, 1.54) is 24.7 Å². The largest absolute Gasteiger partial charge is 0.393 e. The lowest BCUT2D eigenvalue weighted by atomic mass is 9.96. The Morgan fingerprint density at radius 1 is 1.29 bits per heavy atom. The van der Waals surface area contributed by atoms with Crippen LogP contribution in [0.25, 0.3) is 0 Å². The van der Waals surface area contributed by atoms with Gasteiger partial charge in [0.25, 0.3) is 0 Å². The van der Waals surface area contributed by atoms with Crippen LogP contribution in [0, 0.1) is 17.7 Å². The Hall–Kier alpha value is -3.06. The van der Waals surface area contributed by atoms with Crippen LogP contribution in [-0.2, 0) is 27.5 Å². The Labute approximate surface area is 195 Å². The van der Waals surface area contributed by atoms with Crippen molar-refractivity contribution in [3.05, 3.63) is 77.4 Å². The third kappa shape index (κ3) is 6.08. The van der Waals surface area contributed by atoms with Gasteiger partial charge in [0.05, 0.1) is 30.5 Å². The lowest BCUT2D eigenvalue weighted by Crippen LogP contribution is -2.24. The van der Waals surface area contributed by atoms with E-state index in [2.05, 4.69) is 19.2 Å². The molecular weight excluding hydrogens is 465 g/mol. The number of carbonyl (C=O) groups excluding carboxylic acids is 1. The number of aromatic nitrogens is 4. The molecule has 34 heavy (non-hydrogen) atoms. The highest BCUT2D eigenvalue weighted by Gasteiger charge is 2.35.